The second kappa shape index (κ2) is 8.71. The summed E-state index contributed by atoms with van der Waals surface area (Å²) in [6.07, 6.45) is -0.540. The van der Waals surface area contributed by atoms with Gasteiger partial charge in [0.2, 0.25) is 0 Å². The van der Waals surface area contributed by atoms with Crippen molar-refractivity contribution in [1.82, 2.24) is 5.32 Å². The zero-order valence-corrected chi connectivity index (χ0v) is 13.4. The van der Waals surface area contributed by atoms with E-state index in [1.165, 1.54) is 18.2 Å². The number of carbonyl (C=O) groups excluding carboxylic acids is 1. The van der Waals surface area contributed by atoms with Crippen LogP contribution < -0.4 is 5.32 Å². The predicted octanol–water partition coefficient (Wildman–Crippen LogP) is 2.49. The number of amides is 1. The topological polar surface area (TPSA) is 90.7 Å². The molecule has 21 heavy (non-hydrogen) atoms. The summed E-state index contributed by atoms with van der Waals surface area (Å²) in [7, 11) is 0. The molecule has 1 amide bonds. The summed E-state index contributed by atoms with van der Waals surface area (Å²) in [5.74, 6) is -0.435. The summed E-state index contributed by atoms with van der Waals surface area (Å²) in [4.78, 5) is 22.4. The van der Waals surface area contributed by atoms with Crippen LogP contribution in [0.3, 0.4) is 0 Å². The van der Waals surface area contributed by atoms with Crippen LogP contribution in [0.5, 0.6) is 0 Å². The van der Waals surface area contributed by atoms with Gasteiger partial charge in [-0.15, -0.1) is 0 Å². The zero-order valence-electron chi connectivity index (χ0n) is 11.8. The van der Waals surface area contributed by atoms with Crippen molar-refractivity contribution in [2.24, 2.45) is 0 Å². The lowest BCUT2D eigenvalue weighted by Crippen LogP contribution is -2.35. The molecule has 1 N–H and O–H groups in total. The molecule has 0 atom stereocenters. The standard InChI is InChI=1S/C13H17BrN2O5/c1-3-20-11(21-4-2)8-15-13(17)9-6-5-7-10(12(9)14)16(18)19/h5-7,11H,3-4,8H2,1-2H3,(H,15,17). The maximum absolute atomic E-state index is 12.1. The molecule has 0 saturated heterocycles. The molecule has 0 radical (unpaired) electrons. The van der Waals surface area contributed by atoms with Crippen molar-refractivity contribution in [3.63, 3.8) is 0 Å². The third-order valence-electron chi connectivity index (χ3n) is 2.55. The van der Waals surface area contributed by atoms with Crippen molar-refractivity contribution in [2.45, 2.75) is 20.1 Å². The number of rotatable bonds is 8. The summed E-state index contributed by atoms with van der Waals surface area (Å²) < 4.78 is 10.8. The summed E-state index contributed by atoms with van der Waals surface area (Å²) in [5.41, 5.74) is 0.0322. The number of benzene rings is 1. The van der Waals surface area contributed by atoms with E-state index in [-0.39, 0.29) is 22.3 Å². The highest BCUT2D eigenvalue weighted by Crippen LogP contribution is 2.28. The van der Waals surface area contributed by atoms with Gasteiger partial charge < -0.3 is 14.8 Å². The molecule has 0 aliphatic heterocycles. The molecular formula is C13H17BrN2O5. The molecule has 0 aromatic heterocycles. The van der Waals surface area contributed by atoms with Gasteiger partial charge in [-0.1, -0.05) is 6.07 Å². The van der Waals surface area contributed by atoms with E-state index in [0.717, 1.165) is 0 Å². The quantitative estimate of drug-likeness (QED) is 0.436. The van der Waals surface area contributed by atoms with Crippen molar-refractivity contribution in [3.8, 4) is 0 Å². The Morgan fingerprint density at radius 2 is 2.00 bits per heavy atom. The number of ether oxygens (including phenoxy) is 2. The maximum Gasteiger partial charge on any atom is 0.284 e. The molecule has 1 rings (SSSR count). The lowest BCUT2D eigenvalue weighted by molar-refractivity contribution is -0.385. The van der Waals surface area contributed by atoms with Gasteiger partial charge in [0, 0.05) is 19.3 Å². The zero-order chi connectivity index (χ0) is 15.8. The second-order valence-electron chi connectivity index (χ2n) is 3.95. The van der Waals surface area contributed by atoms with Gasteiger partial charge in [0.25, 0.3) is 11.6 Å². The first-order chi connectivity index (χ1) is 10.0. The Balaban J connectivity index is 2.76. The van der Waals surface area contributed by atoms with Gasteiger partial charge in [0.05, 0.1) is 17.0 Å². The van der Waals surface area contributed by atoms with E-state index in [4.69, 9.17) is 9.47 Å². The van der Waals surface area contributed by atoms with E-state index in [2.05, 4.69) is 21.2 Å². The lowest BCUT2D eigenvalue weighted by Gasteiger charge is -2.17. The van der Waals surface area contributed by atoms with Crippen LogP contribution in [0.25, 0.3) is 0 Å². The Labute approximate surface area is 130 Å². The van der Waals surface area contributed by atoms with E-state index in [1.807, 2.05) is 13.8 Å². The first-order valence-electron chi connectivity index (χ1n) is 6.45. The minimum atomic E-state index is -0.552. The number of halogens is 1. The SMILES string of the molecule is CCOC(CNC(=O)c1cccc([N+](=O)[O-])c1Br)OCC. The number of hydrogen-bond donors (Lipinski definition) is 1. The van der Waals surface area contributed by atoms with Crippen LogP contribution in [0.15, 0.2) is 22.7 Å². The molecule has 0 fully saturated rings. The first kappa shape index (κ1) is 17.5. The van der Waals surface area contributed by atoms with Gasteiger partial charge in [0.15, 0.2) is 6.29 Å². The summed E-state index contributed by atoms with van der Waals surface area (Å²) in [5, 5.41) is 13.5. The van der Waals surface area contributed by atoms with Crippen molar-refractivity contribution in [2.75, 3.05) is 19.8 Å². The number of nitro benzene ring substituents is 1. The van der Waals surface area contributed by atoms with Crippen LogP contribution in [0, 0.1) is 10.1 Å². The Bertz CT molecular complexity index is 503. The third-order valence-corrected chi connectivity index (χ3v) is 3.39. The van der Waals surface area contributed by atoms with Crippen LogP contribution in [0.1, 0.15) is 24.2 Å². The highest BCUT2D eigenvalue weighted by Gasteiger charge is 2.20. The number of nitrogens with one attached hydrogen (secondary N) is 1. The van der Waals surface area contributed by atoms with Crippen LogP contribution >= 0.6 is 15.9 Å². The molecule has 1 aromatic rings. The Hall–Kier alpha value is -1.51. The molecule has 8 heteroatoms. The van der Waals surface area contributed by atoms with Crippen molar-refractivity contribution < 1.29 is 19.2 Å². The lowest BCUT2D eigenvalue weighted by atomic mass is 10.2. The van der Waals surface area contributed by atoms with Crippen molar-refractivity contribution in [1.29, 1.82) is 0 Å². The van der Waals surface area contributed by atoms with Crippen LogP contribution in [-0.2, 0) is 9.47 Å². The summed E-state index contributed by atoms with van der Waals surface area (Å²) in [6, 6.07) is 4.28. The summed E-state index contributed by atoms with van der Waals surface area (Å²) >= 11 is 3.09. The number of nitrogens with zero attached hydrogens (tertiary/aromatic N) is 1. The van der Waals surface area contributed by atoms with Crippen LogP contribution in [0.4, 0.5) is 5.69 Å². The van der Waals surface area contributed by atoms with Gasteiger partial charge in [-0.25, -0.2) is 0 Å². The fourth-order valence-corrected chi connectivity index (χ4v) is 2.23. The van der Waals surface area contributed by atoms with Gasteiger partial charge in [-0.3, -0.25) is 14.9 Å². The largest absolute Gasteiger partial charge is 0.351 e. The van der Waals surface area contributed by atoms with E-state index in [0.29, 0.717) is 13.2 Å². The highest BCUT2D eigenvalue weighted by molar-refractivity contribution is 9.10. The average molecular weight is 361 g/mol. The van der Waals surface area contributed by atoms with Crippen molar-refractivity contribution >= 4 is 27.5 Å². The van der Waals surface area contributed by atoms with Gasteiger partial charge in [-0.2, -0.15) is 0 Å². The molecule has 0 aliphatic carbocycles. The molecular weight excluding hydrogens is 344 g/mol. The van der Waals surface area contributed by atoms with Gasteiger partial charge >= 0.3 is 0 Å². The molecule has 0 aliphatic rings. The summed E-state index contributed by atoms with van der Waals surface area (Å²) in [6.45, 7) is 4.73. The van der Waals surface area contributed by atoms with Gasteiger partial charge in [0.1, 0.15) is 4.47 Å². The number of carbonyl (C=O) groups is 1. The molecule has 0 unspecified atom stereocenters. The van der Waals surface area contributed by atoms with Crippen LogP contribution in [0.2, 0.25) is 0 Å². The monoisotopic (exact) mass is 360 g/mol. The smallest absolute Gasteiger partial charge is 0.284 e. The second-order valence-corrected chi connectivity index (χ2v) is 4.74. The molecule has 0 spiro atoms. The molecule has 0 heterocycles. The van der Waals surface area contributed by atoms with E-state index >= 15 is 0 Å². The van der Waals surface area contributed by atoms with Crippen molar-refractivity contribution in [3.05, 3.63) is 38.3 Å². The average Bonchev–Trinajstić information content (AvgIpc) is 2.44. The fourth-order valence-electron chi connectivity index (χ4n) is 1.65. The van der Waals surface area contributed by atoms with E-state index in [9.17, 15) is 14.9 Å². The minimum absolute atomic E-state index is 0.150. The number of hydrogen-bond acceptors (Lipinski definition) is 5. The molecule has 1 aromatic carbocycles. The van der Waals surface area contributed by atoms with E-state index in [1.54, 1.807) is 0 Å². The Morgan fingerprint density at radius 1 is 1.38 bits per heavy atom. The normalized spacial score (nSPS) is 10.7. The highest BCUT2D eigenvalue weighted by atomic mass is 79.9. The third kappa shape index (κ3) is 5.07. The molecule has 7 nitrogen and oxygen atoms in total. The molecule has 0 bridgehead atoms. The van der Waals surface area contributed by atoms with E-state index < -0.39 is 17.1 Å². The fraction of sp³-hybridized carbons (Fsp3) is 0.462. The minimum Gasteiger partial charge on any atom is -0.351 e. The van der Waals surface area contributed by atoms with Crippen LogP contribution in [-0.4, -0.2) is 36.9 Å². The Kier molecular flexibility index (Phi) is 7.27. The Morgan fingerprint density at radius 3 is 2.52 bits per heavy atom. The first-order valence-corrected chi connectivity index (χ1v) is 7.24. The molecule has 116 valence electrons. The predicted molar refractivity (Wildman–Crippen MR) is 80.2 cm³/mol. The number of nitro groups is 1. The maximum atomic E-state index is 12.1. The molecule has 0 saturated carbocycles. The van der Waals surface area contributed by atoms with Gasteiger partial charge in [-0.05, 0) is 35.8 Å².